The molecule has 2 aliphatic heterocycles. The van der Waals surface area contributed by atoms with E-state index in [9.17, 15) is 9.59 Å². The second-order valence-electron chi connectivity index (χ2n) is 18.3. The van der Waals surface area contributed by atoms with Crippen LogP contribution in [0.3, 0.4) is 0 Å². The summed E-state index contributed by atoms with van der Waals surface area (Å²) in [5.74, 6) is 6.15. The molecule has 0 saturated carbocycles. The summed E-state index contributed by atoms with van der Waals surface area (Å²) in [6, 6.07) is 15.3. The largest absolute Gasteiger partial charge is 0.295 e. The van der Waals surface area contributed by atoms with Gasteiger partial charge < -0.3 is 0 Å². The lowest BCUT2D eigenvalue weighted by molar-refractivity contribution is 0.100. The van der Waals surface area contributed by atoms with Gasteiger partial charge in [0.2, 0.25) is 0 Å². The predicted octanol–water partition coefficient (Wildman–Crippen LogP) is 17.9. The first kappa shape index (κ1) is 53.2. The summed E-state index contributed by atoms with van der Waals surface area (Å²) < 4.78 is 0. The summed E-state index contributed by atoms with van der Waals surface area (Å²) in [6.07, 6.45) is 12.2. The summed E-state index contributed by atoms with van der Waals surface area (Å²) in [5, 5.41) is 0.336. The topological polar surface area (TPSA) is 34.1 Å². The molecule has 3 aliphatic rings. The Hall–Kier alpha value is -2.44. The molecule has 0 spiro atoms. The van der Waals surface area contributed by atoms with Crippen molar-refractivity contribution in [2.45, 2.75) is 199 Å². The van der Waals surface area contributed by atoms with Gasteiger partial charge >= 0.3 is 0 Å². The number of ketones is 2. The molecular weight excluding hydrogens is 848 g/mol. The number of Topliss-reactive ketones (excluding diaryl/α,β-unsaturated/α-hetero) is 2. The Morgan fingerprint density at radius 3 is 1.71 bits per heavy atom. The molecule has 7 rings (SSSR count). The van der Waals surface area contributed by atoms with Crippen LogP contribution in [0.15, 0.2) is 57.2 Å². The number of benzene rings is 4. The van der Waals surface area contributed by atoms with Crippen molar-refractivity contribution in [2.24, 2.45) is 0 Å². The van der Waals surface area contributed by atoms with E-state index in [-0.39, 0.29) is 11.6 Å². The van der Waals surface area contributed by atoms with Crippen molar-refractivity contribution in [3.63, 3.8) is 0 Å². The minimum absolute atomic E-state index is 0.193. The maximum absolute atomic E-state index is 11.7. The number of halogens is 1. The van der Waals surface area contributed by atoms with Crippen molar-refractivity contribution in [2.75, 3.05) is 17.3 Å². The summed E-state index contributed by atoms with van der Waals surface area (Å²) >= 11 is 12.0. The number of alkyl halides is 1. The van der Waals surface area contributed by atoms with E-state index in [1.54, 1.807) is 24.3 Å². The molecule has 4 unspecified atom stereocenters. The standard InChI is InChI=1S/C16H22O.C15H20OS.C13H19ClS.C13H18S/c1-5-13-7-6-8-14-10(2)9-15(12(4)17)11(3)16(13)14;1-5-12-6-7-17-15-9(2)8-13(11(4)16)10(3)14(12)15;1-4-12(14)7-8-15-13-9-10(2)5-6-11(13)3;1-4-11-7-8-14-13-10(3)6-5-9(2)12(11)13/h9,13H,5-8H2,1-4H3;8,12H,5-7H2,1-4H3;5-6,9,12H,4,7-8H2,1-3H3;5-6,11H,4,7-8H2,1-3H3. The molecule has 0 bridgehead atoms. The Morgan fingerprint density at radius 1 is 0.635 bits per heavy atom. The maximum atomic E-state index is 11.7. The Bertz CT molecular complexity index is 2100. The molecule has 4 atom stereocenters. The summed E-state index contributed by atoms with van der Waals surface area (Å²) in [6.45, 7) is 29.6. The lowest BCUT2D eigenvalue weighted by atomic mass is 9.76. The number of fused-ring (bicyclic) bond motifs is 3. The first-order chi connectivity index (χ1) is 30.0. The first-order valence-corrected chi connectivity index (χ1v) is 27.4. The number of carbonyl (C=O) groups is 2. The van der Waals surface area contributed by atoms with E-state index in [2.05, 4.69) is 126 Å². The lowest BCUT2D eigenvalue weighted by Gasteiger charge is -2.29. The number of thioether (sulfide) groups is 3. The van der Waals surface area contributed by atoms with E-state index < -0.39 is 0 Å². The van der Waals surface area contributed by atoms with Crippen molar-refractivity contribution in [1.82, 2.24) is 0 Å². The third-order valence-corrected chi connectivity index (χ3v) is 18.0. The number of rotatable bonds is 10. The van der Waals surface area contributed by atoms with Gasteiger partial charge in [-0.3, -0.25) is 9.59 Å². The first-order valence-electron chi connectivity index (χ1n) is 24.0. The van der Waals surface area contributed by atoms with Gasteiger partial charge in [-0.05, 0) is 248 Å². The zero-order valence-corrected chi connectivity index (χ0v) is 44.7. The Morgan fingerprint density at radius 2 is 1.14 bits per heavy atom. The molecule has 0 radical (unpaired) electrons. The highest BCUT2D eigenvalue weighted by Gasteiger charge is 2.27. The zero-order chi connectivity index (χ0) is 46.5. The highest BCUT2D eigenvalue weighted by atomic mass is 35.5. The van der Waals surface area contributed by atoms with E-state index in [1.807, 2.05) is 35.3 Å². The lowest BCUT2D eigenvalue weighted by Crippen LogP contribution is -2.15. The monoisotopic (exact) mass is 926 g/mol. The van der Waals surface area contributed by atoms with Crippen LogP contribution in [0.4, 0.5) is 0 Å². The van der Waals surface area contributed by atoms with Crippen LogP contribution < -0.4 is 0 Å². The minimum atomic E-state index is 0.193. The molecule has 0 saturated heterocycles. The molecule has 4 aromatic rings. The SMILES string of the molecule is CCC(Cl)CCSc1cc(C)ccc1C.CCC1CCCc2c(C)cc(C(C)=O)c(C)c21.CCC1CCSc2c(C)cc(C(C)=O)c(C)c21.CCC1CCSc2c(C)ccc(C)c21. The van der Waals surface area contributed by atoms with Gasteiger partial charge in [0.15, 0.2) is 11.6 Å². The van der Waals surface area contributed by atoms with Crippen LogP contribution >= 0.6 is 46.9 Å². The second-order valence-corrected chi connectivity index (χ2v) is 22.3. The average Bonchev–Trinajstić information content (AvgIpc) is 3.28. The number of hydrogen-bond donors (Lipinski definition) is 0. The average molecular weight is 928 g/mol. The number of hydrogen-bond acceptors (Lipinski definition) is 5. The zero-order valence-electron chi connectivity index (χ0n) is 41.5. The van der Waals surface area contributed by atoms with Gasteiger partial charge in [-0.15, -0.1) is 46.9 Å². The smallest absolute Gasteiger partial charge is 0.160 e. The van der Waals surface area contributed by atoms with E-state index in [1.165, 1.54) is 134 Å². The molecular formula is C57H79ClO2S3. The van der Waals surface area contributed by atoms with E-state index >= 15 is 0 Å². The Labute approximate surface area is 402 Å². The highest BCUT2D eigenvalue weighted by Crippen LogP contribution is 2.45. The molecule has 0 N–H and O–H groups in total. The van der Waals surface area contributed by atoms with E-state index in [4.69, 9.17) is 11.6 Å². The van der Waals surface area contributed by atoms with Crippen LogP contribution in [-0.4, -0.2) is 34.2 Å². The molecule has 6 heteroatoms. The molecule has 1 aliphatic carbocycles. The molecule has 0 aromatic heterocycles. The highest BCUT2D eigenvalue weighted by molar-refractivity contribution is 7.99. The number of aryl methyl sites for hydroxylation is 6. The minimum Gasteiger partial charge on any atom is -0.295 e. The van der Waals surface area contributed by atoms with Crippen LogP contribution in [0.5, 0.6) is 0 Å². The summed E-state index contributed by atoms with van der Waals surface area (Å²) in [5.41, 5.74) is 18.7. The van der Waals surface area contributed by atoms with Crippen LogP contribution in [0, 0.1) is 55.4 Å². The normalized spacial score (nSPS) is 17.9. The second kappa shape index (κ2) is 25.5. The molecule has 0 amide bonds. The van der Waals surface area contributed by atoms with Gasteiger partial charge in [0.1, 0.15) is 0 Å². The van der Waals surface area contributed by atoms with E-state index in [0.717, 1.165) is 35.6 Å². The summed E-state index contributed by atoms with van der Waals surface area (Å²) in [7, 11) is 0. The maximum Gasteiger partial charge on any atom is 0.160 e. The fourth-order valence-corrected chi connectivity index (χ4v) is 14.1. The fourth-order valence-electron chi connectivity index (χ4n) is 9.87. The van der Waals surface area contributed by atoms with Gasteiger partial charge in [0.25, 0.3) is 0 Å². The molecule has 2 nitrogen and oxygen atoms in total. The van der Waals surface area contributed by atoms with Crippen molar-refractivity contribution >= 4 is 58.5 Å². The van der Waals surface area contributed by atoms with E-state index in [0.29, 0.717) is 17.2 Å². The van der Waals surface area contributed by atoms with Crippen LogP contribution in [-0.2, 0) is 6.42 Å². The van der Waals surface area contributed by atoms with Gasteiger partial charge in [0, 0.05) is 31.2 Å². The predicted molar refractivity (Wildman–Crippen MR) is 282 cm³/mol. The van der Waals surface area contributed by atoms with Gasteiger partial charge in [-0.2, -0.15) is 0 Å². The molecule has 63 heavy (non-hydrogen) atoms. The van der Waals surface area contributed by atoms with Crippen LogP contribution in [0.25, 0.3) is 0 Å². The third-order valence-electron chi connectivity index (χ3n) is 13.7. The van der Waals surface area contributed by atoms with Crippen molar-refractivity contribution < 1.29 is 9.59 Å². The van der Waals surface area contributed by atoms with Crippen molar-refractivity contribution in [3.05, 3.63) is 120 Å². The van der Waals surface area contributed by atoms with Crippen LogP contribution in [0.1, 0.15) is 205 Å². The number of carbonyl (C=O) groups excluding carboxylic acids is 2. The van der Waals surface area contributed by atoms with Gasteiger partial charge in [-0.1, -0.05) is 57.5 Å². The Balaban J connectivity index is 0.000000185. The fraction of sp³-hybridized carbons (Fsp3) is 0.544. The quantitative estimate of drug-likeness (QED) is 0.0899. The third kappa shape index (κ3) is 13.8. The van der Waals surface area contributed by atoms with Crippen molar-refractivity contribution in [1.29, 1.82) is 0 Å². The molecule has 344 valence electrons. The Kier molecular flexibility index (Phi) is 21.5. The van der Waals surface area contributed by atoms with Crippen LogP contribution in [0.2, 0.25) is 0 Å². The molecule has 4 aromatic carbocycles. The van der Waals surface area contributed by atoms with Gasteiger partial charge in [-0.25, -0.2) is 0 Å². The van der Waals surface area contributed by atoms with Crippen molar-refractivity contribution in [3.8, 4) is 0 Å². The summed E-state index contributed by atoms with van der Waals surface area (Å²) in [4.78, 5) is 27.8. The molecule has 2 heterocycles. The molecule has 0 fully saturated rings. The van der Waals surface area contributed by atoms with Gasteiger partial charge in [0.05, 0.1) is 0 Å².